The summed E-state index contributed by atoms with van der Waals surface area (Å²) in [6, 6.07) is 7.60. The molecular formula is C14H20N2O. The third-order valence-electron chi connectivity index (χ3n) is 2.60. The summed E-state index contributed by atoms with van der Waals surface area (Å²) < 4.78 is 0. The van der Waals surface area contributed by atoms with Crippen LogP contribution < -0.4 is 5.73 Å². The lowest BCUT2D eigenvalue weighted by Crippen LogP contribution is -2.38. The van der Waals surface area contributed by atoms with Crippen LogP contribution in [0.3, 0.4) is 0 Å². The van der Waals surface area contributed by atoms with Crippen molar-refractivity contribution in [3.05, 3.63) is 42.5 Å². The van der Waals surface area contributed by atoms with Crippen LogP contribution in [-0.4, -0.2) is 23.4 Å². The Bertz CT molecular complexity index is 382. The van der Waals surface area contributed by atoms with Crippen molar-refractivity contribution in [2.45, 2.75) is 26.3 Å². The average molecular weight is 232 g/mol. The van der Waals surface area contributed by atoms with Gasteiger partial charge in [0, 0.05) is 18.3 Å². The van der Waals surface area contributed by atoms with Gasteiger partial charge in [-0.2, -0.15) is 0 Å². The van der Waals surface area contributed by atoms with E-state index >= 15 is 0 Å². The van der Waals surface area contributed by atoms with Crippen molar-refractivity contribution in [1.82, 2.24) is 4.90 Å². The van der Waals surface area contributed by atoms with Gasteiger partial charge in [-0.1, -0.05) is 18.2 Å². The molecule has 0 heterocycles. The Hall–Kier alpha value is -1.77. The summed E-state index contributed by atoms with van der Waals surface area (Å²) in [4.78, 5) is 13.9. The molecule has 1 aromatic rings. The first-order chi connectivity index (χ1) is 8.04. The van der Waals surface area contributed by atoms with Crippen molar-refractivity contribution in [2.24, 2.45) is 0 Å². The molecule has 0 saturated carbocycles. The molecule has 0 atom stereocenters. The van der Waals surface area contributed by atoms with Gasteiger partial charge in [0.25, 0.3) is 0 Å². The maximum absolute atomic E-state index is 12.1. The Morgan fingerprint density at radius 2 is 2.00 bits per heavy atom. The molecule has 0 bridgehead atoms. The number of carbonyl (C=O) groups excluding carboxylic acids is 1. The SMILES string of the molecule is C=CCN(C(=O)Cc1ccc(N)cc1)C(C)C. The summed E-state index contributed by atoms with van der Waals surface area (Å²) in [5, 5.41) is 0. The van der Waals surface area contributed by atoms with Crippen LogP contribution in [0.25, 0.3) is 0 Å². The largest absolute Gasteiger partial charge is 0.399 e. The van der Waals surface area contributed by atoms with E-state index < -0.39 is 0 Å². The van der Waals surface area contributed by atoms with Gasteiger partial charge in [0.05, 0.1) is 6.42 Å². The number of rotatable bonds is 5. The van der Waals surface area contributed by atoms with Crippen LogP contribution in [0.1, 0.15) is 19.4 Å². The van der Waals surface area contributed by atoms with Crippen molar-refractivity contribution in [3.63, 3.8) is 0 Å². The summed E-state index contributed by atoms with van der Waals surface area (Å²) in [6.07, 6.45) is 2.16. The normalized spacial score (nSPS) is 10.3. The van der Waals surface area contributed by atoms with Crippen molar-refractivity contribution >= 4 is 11.6 Å². The number of amides is 1. The van der Waals surface area contributed by atoms with E-state index in [1.54, 1.807) is 6.08 Å². The second-order valence-corrected chi connectivity index (χ2v) is 4.35. The Kier molecular flexibility index (Phi) is 4.76. The maximum atomic E-state index is 12.1. The van der Waals surface area contributed by atoms with Gasteiger partial charge in [0.15, 0.2) is 0 Å². The molecular weight excluding hydrogens is 212 g/mol. The zero-order valence-corrected chi connectivity index (χ0v) is 10.5. The van der Waals surface area contributed by atoms with Gasteiger partial charge in [-0.05, 0) is 31.5 Å². The van der Waals surface area contributed by atoms with Gasteiger partial charge in [-0.25, -0.2) is 0 Å². The van der Waals surface area contributed by atoms with Gasteiger partial charge in [0.2, 0.25) is 5.91 Å². The zero-order valence-electron chi connectivity index (χ0n) is 10.5. The highest BCUT2D eigenvalue weighted by molar-refractivity contribution is 5.79. The number of nitrogens with zero attached hydrogens (tertiary/aromatic N) is 1. The van der Waals surface area contributed by atoms with Crippen LogP contribution in [-0.2, 0) is 11.2 Å². The third kappa shape index (κ3) is 3.94. The maximum Gasteiger partial charge on any atom is 0.227 e. The number of anilines is 1. The highest BCUT2D eigenvalue weighted by Crippen LogP contribution is 2.09. The lowest BCUT2D eigenvalue weighted by atomic mass is 10.1. The number of nitrogen functional groups attached to an aromatic ring is 1. The summed E-state index contributed by atoms with van der Waals surface area (Å²) >= 11 is 0. The molecule has 0 radical (unpaired) electrons. The molecule has 0 spiro atoms. The number of hydrogen-bond acceptors (Lipinski definition) is 2. The Labute approximate surface area is 103 Å². The number of hydrogen-bond donors (Lipinski definition) is 1. The molecule has 0 aromatic heterocycles. The summed E-state index contributed by atoms with van der Waals surface area (Å²) in [5.74, 6) is 0.115. The Balaban J connectivity index is 2.69. The molecule has 92 valence electrons. The number of benzene rings is 1. The monoisotopic (exact) mass is 232 g/mol. The molecule has 1 rings (SSSR count). The molecule has 0 aliphatic rings. The number of nitrogens with two attached hydrogens (primary N) is 1. The second kappa shape index (κ2) is 6.09. The molecule has 0 unspecified atom stereocenters. The summed E-state index contributed by atoms with van der Waals surface area (Å²) in [7, 11) is 0. The van der Waals surface area contributed by atoms with Crippen molar-refractivity contribution in [3.8, 4) is 0 Å². The predicted molar refractivity (Wildman–Crippen MR) is 71.6 cm³/mol. The molecule has 2 N–H and O–H groups in total. The van der Waals surface area contributed by atoms with Gasteiger partial charge in [0.1, 0.15) is 0 Å². The topological polar surface area (TPSA) is 46.3 Å². The van der Waals surface area contributed by atoms with E-state index in [4.69, 9.17) is 5.73 Å². The first kappa shape index (κ1) is 13.3. The van der Waals surface area contributed by atoms with Crippen molar-refractivity contribution in [2.75, 3.05) is 12.3 Å². The predicted octanol–water partition coefficient (Wildman–Crippen LogP) is 2.23. The van der Waals surface area contributed by atoms with E-state index in [1.165, 1.54) is 0 Å². The Morgan fingerprint density at radius 3 is 2.47 bits per heavy atom. The Morgan fingerprint density at radius 1 is 1.41 bits per heavy atom. The quantitative estimate of drug-likeness (QED) is 0.625. The van der Waals surface area contributed by atoms with Crippen molar-refractivity contribution < 1.29 is 4.79 Å². The minimum absolute atomic E-state index is 0.115. The molecule has 1 amide bonds. The number of carbonyl (C=O) groups is 1. The summed E-state index contributed by atoms with van der Waals surface area (Å²) in [6.45, 7) is 8.27. The minimum Gasteiger partial charge on any atom is -0.399 e. The van der Waals surface area contributed by atoms with Gasteiger partial charge >= 0.3 is 0 Å². The fourth-order valence-electron chi connectivity index (χ4n) is 1.65. The van der Waals surface area contributed by atoms with Crippen LogP contribution in [0.4, 0.5) is 5.69 Å². The van der Waals surface area contributed by atoms with E-state index in [-0.39, 0.29) is 11.9 Å². The van der Waals surface area contributed by atoms with Gasteiger partial charge in [-0.3, -0.25) is 4.79 Å². The standard InChI is InChI=1S/C14H20N2O/c1-4-9-16(11(2)3)14(17)10-12-5-7-13(15)8-6-12/h4-8,11H,1,9-10,15H2,2-3H3. The van der Waals surface area contributed by atoms with E-state index in [9.17, 15) is 4.79 Å². The first-order valence-electron chi connectivity index (χ1n) is 5.79. The molecule has 17 heavy (non-hydrogen) atoms. The van der Waals surface area contributed by atoms with Crippen LogP contribution in [0, 0.1) is 0 Å². The van der Waals surface area contributed by atoms with E-state index in [0.717, 1.165) is 5.56 Å². The summed E-state index contributed by atoms with van der Waals surface area (Å²) in [5.41, 5.74) is 7.31. The van der Waals surface area contributed by atoms with E-state index in [0.29, 0.717) is 18.7 Å². The molecule has 0 aliphatic carbocycles. The van der Waals surface area contributed by atoms with Crippen LogP contribution >= 0.6 is 0 Å². The third-order valence-corrected chi connectivity index (χ3v) is 2.60. The smallest absolute Gasteiger partial charge is 0.227 e. The fourth-order valence-corrected chi connectivity index (χ4v) is 1.65. The molecule has 0 saturated heterocycles. The lowest BCUT2D eigenvalue weighted by molar-refractivity contribution is -0.131. The van der Waals surface area contributed by atoms with Crippen LogP contribution in [0.15, 0.2) is 36.9 Å². The minimum atomic E-state index is 0.115. The van der Waals surface area contributed by atoms with Crippen LogP contribution in [0.5, 0.6) is 0 Å². The molecule has 3 nitrogen and oxygen atoms in total. The molecule has 0 fully saturated rings. The van der Waals surface area contributed by atoms with Crippen LogP contribution in [0.2, 0.25) is 0 Å². The van der Waals surface area contributed by atoms with E-state index in [2.05, 4.69) is 6.58 Å². The molecule has 0 aliphatic heterocycles. The second-order valence-electron chi connectivity index (χ2n) is 4.35. The first-order valence-corrected chi connectivity index (χ1v) is 5.79. The average Bonchev–Trinajstić information content (AvgIpc) is 2.28. The highest BCUT2D eigenvalue weighted by atomic mass is 16.2. The highest BCUT2D eigenvalue weighted by Gasteiger charge is 2.15. The van der Waals surface area contributed by atoms with E-state index in [1.807, 2.05) is 43.0 Å². The molecule has 1 aromatic carbocycles. The van der Waals surface area contributed by atoms with Gasteiger partial charge < -0.3 is 10.6 Å². The zero-order chi connectivity index (χ0) is 12.8. The van der Waals surface area contributed by atoms with Gasteiger partial charge in [-0.15, -0.1) is 6.58 Å². The van der Waals surface area contributed by atoms with Crippen molar-refractivity contribution in [1.29, 1.82) is 0 Å². The molecule has 3 heteroatoms. The fraction of sp³-hybridized carbons (Fsp3) is 0.357. The lowest BCUT2D eigenvalue weighted by Gasteiger charge is -2.25.